The molecule has 1 aromatic rings. The normalized spacial score (nSPS) is 10.1. The molecule has 0 saturated heterocycles. The summed E-state index contributed by atoms with van der Waals surface area (Å²) in [6, 6.07) is 3.50. The van der Waals surface area contributed by atoms with Crippen molar-refractivity contribution < 1.29 is 14.2 Å². The molecule has 0 unspecified atom stereocenters. The van der Waals surface area contributed by atoms with Gasteiger partial charge in [-0.2, -0.15) is 5.10 Å². The fraction of sp³-hybridized carbons (Fsp3) is 0.333. The quantitative estimate of drug-likeness (QED) is 0.480. The first-order valence-electron chi connectivity index (χ1n) is 5.47. The molecule has 0 radical (unpaired) electrons. The highest BCUT2D eigenvalue weighted by atomic mass is 32.1. The molecule has 1 aromatic carbocycles. The van der Waals surface area contributed by atoms with Gasteiger partial charge in [0.25, 0.3) is 0 Å². The summed E-state index contributed by atoms with van der Waals surface area (Å²) in [4.78, 5) is 0. The second kappa shape index (κ2) is 7.42. The Labute approximate surface area is 117 Å². The molecule has 6 nitrogen and oxygen atoms in total. The fourth-order valence-electron chi connectivity index (χ4n) is 1.37. The van der Waals surface area contributed by atoms with E-state index in [2.05, 4.69) is 15.8 Å². The van der Waals surface area contributed by atoms with Gasteiger partial charge in [-0.05, 0) is 12.2 Å². The zero-order chi connectivity index (χ0) is 14.3. The van der Waals surface area contributed by atoms with Crippen LogP contribution in [-0.4, -0.2) is 39.7 Å². The molecule has 0 aliphatic heterocycles. The van der Waals surface area contributed by atoms with Crippen molar-refractivity contribution in [2.45, 2.75) is 0 Å². The first kappa shape index (κ1) is 15.0. The summed E-state index contributed by atoms with van der Waals surface area (Å²) < 4.78 is 15.7. The van der Waals surface area contributed by atoms with Crippen LogP contribution < -0.4 is 25.0 Å². The van der Waals surface area contributed by atoms with Crippen LogP contribution in [0.5, 0.6) is 17.2 Å². The molecular weight excluding hydrogens is 266 g/mol. The number of hydrogen-bond donors (Lipinski definition) is 2. The lowest BCUT2D eigenvalue weighted by Gasteiger charge is -2.12. The van der Waals surface area contributed by atoms with Crippen molar-refractivity contribution in [1.29, 1.82) is 0 Å². The molecule has 19 heavy (non-hydrogen) atoms. The van der Waals surface area contributed by atoms with Gasteiger partial charge in [-0.3, -0.25) is 5.43 Å². The summed E-state index contributed by atoms with van der Waals surface area (Å²) in [7, 11) is 6.42. The summed E-state index contributed by atoms with van der Waals surface area (Å²) in [5.74, 6) is 1.83. The van der Waals surface area contributed by atoms with E-state index in [4.69, 9.17) is 26.4 Å². The van der Waals surface area contributed by atoms with E-state index >= 15 is 0 Å². The van der Waals surface area contributed by atoms with Gasteiger partial charge in [-0.1, -0.05) is 0 Å². The number of thiocarbonyl (C=S) groups is 1. The molecule has 2 N–H and O–H groups in total. The summed E-state index contributed by atoms with van der Waals surface area (Å²) in [5, 5.41) is 7.18. The van der Waals surface area contributed by atoms with Crippen LogP contribution in [0.1, 0.15) is 5.56 Å². The molecule has 1 rings (SSSR count). The Morgan fingerprint density at radius 3 is 2.16 bits per heavy atom. The van der Waals surface area contributed by atoms with Crippen molar-refractivity contribution in [3.63, 3.8) is 0 Å². The zero-order valence-corrected chi connectivity index (χ0v) is 12.1. The first-order chi connectivity index (χ1) is 9.15. The number of hydrazone groups is 1. The van der Waals surface area contributed by atoms with Crippen molar-refractivity contribution >= 4 is 23.5 Å². The molecule has 0 spiro atoms. The Kier molecular flexibility index (Phi) is 5.87. The van der Waals surface area contributed by atoms with Gasteiger partial charge < -0.3 is 19.5 Å². The number of rotatable bonds is 5. The largest absolute Gasteiger partial charge is 0.496 e. The average Bonchev–Trinajstić information content (AvgIpc) is 2.46. The fourth-order valence-corrected chi connectivity index (χ4v) is 1.42. The number of nitrogens with zero attached hydrogens (tertiary/aromatic N) is 1. The Morgan fingerprint density at radius 2 is 1.74 bits per heavy atom. The van der Waals surface area contributed by atoms with Crippen LogP contribution in [0, 0.1) is 0 Å². The average molecular weight is 283 g/mol. The summed E-state index contributed by atoms with van der Waals surface area (Å²) >= 11 is 4.91. The predicted molar refractivity (Wildman–Crippen MR) is 78.5 cm³/mol. The van der Waals surface area contributed by atoms with Gasteiger partial charge >= 0.3 is 0 Å². The van der Waals surface area contributed by atoms with Gasteiger partial charge in [0.15, 0.2) is 5.11 Å². The van der Waals surface area contributed by atoms with Crippen molar-refractivity contribution in [3.05, 3.63) is 17.7 Å². The van der Waals surface area contributed by atoms with E-state index in [0.29, 0.717) is 27.9 Å². The Morgan fingerprint density at radius 1 is 1.16 bits per heavy atom. The van der Waals surface area contributed by atoms with Crippen LogP contribution in [0.2, 0.25) is 0 Å². The van der Waals surface area contributed by atoms with Gasteiger partial charge in [0.05, 0.1) is 33.1 Å². The number of benzene rings is 1. The zero-order valence-electron chi connectivity index (χ0n) is 11.3. The maximum atomic E-state index is 5.29. The summed E-state index contributed by atoms with van der Waals surface area (Å²) in [6.07, 6.45) is 1.57. The Bertz CT molecular complexity index is 452. The van der Waals surface area contributed by atoms with Gasteiger partial charge in [0, 0.05) is 19.2 Å². The van der Waals surface area contributed by atoms with E-state index in [-0.39, 0.29) is 0 Å². The molecule has 0 heterocycles. The topological polar surface area (TPSA) is 64.1 Å². The third-order valence-corrected chi connectivity index (χ3v) is 2.64. The van der Waals surface area contributed by atoms with E-state index in [1.54, 1.807) is 46.7 Å². The molecule has 0 aliphatic rings. The second-order valence-corrected chi connectivity index (χ2v) is 3.80. The molecule has 0 aliphatic carbocycles. The lowest BCUT2D eigenvalue weighted by molar-refractivity contribution is 0.374. The molecule has 0 fully saturated rings. The SMILES string of the molecule is CNC(=S)N/N=C\c1c(OC)cc(OC)cc1OC. The molecule has 0 aromatic heterocycles. The standard InChI is InChI=1S/C12H17N3O3S/c1-13-12(19)15-14-7-9-10(17-3)5-8(16-2)6-11(9)18-4/h5-7H,1-4H3,(H2,13,15,19)/b14-7-. The Hall–Kier alpha value is -2.02. The van der Waals surface area contributed by atoms with Crippen LogP contribution in [0.15, 0.2) is 17.2 Å². The third kappa shape index (κ3) is 3.99. The van der Waals surface area contributed by atoms with Gasteiger partial charge in [-0.25, -0.2) is 0 Å². The summed E-state index contributed by atoms with van der Waals surface area (Å²) in [5.41, 5.74) is 3.35. The van der Waals surface area contributed by atoms with Crippen LogP contribution in [-0.2, 0) is 0 Å². The van der Waals surface area contributed by atoms with Crippen molar-refractivity contribution in [1.82, 2.24) is 10.7 Å². The van der Waals surface area contributed by atoms with E-state index in [9.17, 15) is 0 Å². The van der Waals surface area contributed by atoms with Crippen molar-refractivity contribution in [2.75, 3.05) is 28.4 Å². The van der Waals surface area contributed by atoms with Gasteiger partial charge in [0.1, 0.15) is 17.2 Å². The molecule has 0 amide bonds. The molecular formula is C12H17N3O3S. The highest BCUT2D eigenvalue weighted by Crippen LogP contribution is 2.32. The molecule has 104 valence electrons. The Balaban J connectivity index is 3.06. The molecule has 0 atom stereocenters. The first-order valence-corrected chi connectivity index (χ1v) is 5.87. The van der Waals surface area contributed by atoms with Crippen LogP contribution in [0.4, 0.5) is 0 Å². The number of ether oxygens (including phenoxy) is 3. The monoisotopic (exact) mass is 283 g/mol. The highest BCUT2D eigenvalue weighted by Gasteiger charge is 2.11. The van der Waals surface area contributed by atoms with E-state index in [1.165, 1.54) is 0 Å². The number of nitrogens with one attached hydrogen (secondary N) is 2. The summed E-state index contributed by atoms with van der Waals surface area (Å²) in [6.45, 7) is 0. The minimum absolute atomic E-state index is 0.419. The maximum Gasteiger partial charge on any atom is 0.186 e. The minimum atomic E-state index is 0.419. The number of hydrogen-bond acceptors (Lipinski definition) is 5. The van der Waals surface area contributed by atoms with Crippen molar-refractivity contribution in [2.24, 2.45) is 5.10 Å². The van der Waals surface area contributed by atoms with Crippen LogP contribution in [0.3, 0.4) is 0 Å². The lowest BCUT2D eigenvalue weighted by Crippen LogP contribution is -2.28. The van der Waals surface area contributed by atoms with Crippen molar-refractivity contribution in [3.8, 4) is 17.2 Å². The number of methoxy groups -OCH3 is 3. The van der Waals surface area contributed by atoms with E-state index in [1.807, 2.05) is 0 Å². The maximum absolute atomic E-state index is 5.29. The third-order valence-electron chi connectivity index (χ3n) is 2.34. The van der Waals surface area contributed by atoms with E-state index < -0.39 is 0 Å². The van der Waals surface area contributed by atoms with E-state index in [0.717, 1.165) is 0 Å². The second-order valence-electron chi connectivity index (χ2n) is 3.39. The molecule has 0 bridgehead atoms. The molecule has 0 saturated carbocycles. The minimum Gasteiger partial charge on any atom is -0.496 e. The van der Waals surface area contributed by atoms with Gasteiger partial charge in [-0.15, -0.1) is 0 Å². The molecule has 7 heteroatoms. The van der Waals surface area contributed by atoms with Gasteiger partial charge in [0.2, 0.25) is 0 Å². The van der Waals surface area contributed by atoms with Crippen LogP contribution >= 0.6 is 12.2 Å². The highest BCUT2D eigenvalue weighted by molar-refractivity contribution is 7.80. The van der Waals surface area contributed by atoms with Crippen LogP contribution in [0.25, 0.3) is 0 Å². The predicted octanol–water partition coefficient (Wildman–Crippen LogP) is 1.14. The lowest BCUT2D eigenvalue weighted by atomic mass is 10.2. The smallest absolute Gasteiger partial charge is 0.186 e.